The molecular weight excluding hydrogens is 234 g/mol. The maximum atomic E-state index is 12.0. The number of halogens is 1. The lowest BCUT2D eigenvalue weighted by Crippen LogP contribution is -2.08. The first-order valence-electron chi connectivity index (χ1n) is 4.10. The second-order valence-corrected chi connectivity index (χ2v) is 5.96. The van der Waals surface area contributed by atoms with Gasteiger partial charge in [-0.15, -0.1) is 4.36 Å². The quantitative estimate of drug-likeness (QED) is 0.589. The van der Waals surface area contributed by atoms with Gasteiger partial charge in [0.2, 0.25) is 5.28 Å². The summed E-state index contributed by atoms with van der Waals surface area (Å²) in [5, 5.41) is -0.173. The van der Waals surface area contributed by atoms with Crippen LogP contribution in [0.4, 0.5) is 0 Å². The van der Waals surface area contributed by atoms with Gasteiger partial charge in [-0.2, -0.15) is 0 Å². The van der Waals surface area contributed by atoms with Crippen LogP contribution < -0.4 is 0 Å². The number of nitrogens with zero attached hydrogens (tertiary/aromatic N) is 3. The maximum absolute atomic E-state index is 12.0. The van der Waals surface area contributed by atoms with Crippen LogP contribution in [0.5, 0.6) is 0 Å². The summed E-state index contributed by atoms with van der Waals surface area (Å²) in [6.07, 6.45) is 9.56. The van der Waals surface area contributed by atoms with Crippen molar-refractivity contribution in [2.24, 2.45) is 4.36 Å². The molecule has 0 aliphatic carbocycles. The van der Waals surface area contributed by atoms with Gasteiger partial charge in [-0.05, 0) is 18.5 Å². The fourth-order valence-corrected chi connectivity index (χ4v) is 2.06. The zero-order valence-electron chi connectivity index (χ0n) is 8.35. The summed E-state index contributed by atoms with van der Waals surface area (Å²) in [4.78, 5) is 7.62. The van der Waals surface area contributed by atoms with Crippen LogP contribution in [0.15, 0.2) is 16.8 Å². The molecule has 15 heavy (non-hydrogen) atoms. The molecule has 4 nitrogen and oxygen atoms in total. The third kappa shape index (κ3) is 2.91. The van der Waals surface area contributed by atoms with Crippen molar-refractivity contribution < 1.29 is 4.21 Å². The molecule has 0 spiro atoms. The molecule has 1 aromatic rings. The number of terminal acetylenes is 1. The van der Waals surface area contributed by atoms with E-state index in [1.807, 2.05) is 0 Å². The van der Waals surface area contributed by atoms with E-state index in [4.69, 9.17) is 18.0 Å². The molecule has 0 aliphatic rings. The lowest BCUT2D eigenvalue weighted by molar-refractivity contribution is 0.673. The predicted molar refractivity (Wildman–Crippen MR) is 60.8 cm³/mol. The van der Waals surface area contributed by atoms with Crippen LogP contribution in [0.3, 0.4) is 0 Å². The Balaban J connectivity index is 3.12. The average Bonchev–Trinajstić information content (AvgIpc) is 2.18. The highest BCUT2D eigenvalue weighted by molar-refractivity contribution is 7.93. The minimum Gasteiger partial charge on any atom is -0.248 e. The molecule has 0 aromatic carbocycles. The molecule has 0 bridgehead atoms. The van der Waals surface area contributed by atoms with Gasteiger partial charge in [0, 0.05) is 30.3 Å². The van der Waals surface area contributed by atoms with Gasteiger partial charge < -0.3 is 0 Å². The summed E-state index contributed by atoms with van der Waals surface area (Å²) >= 11 is 5.54. The summed E-state index contributed by atoms with van der Waals surface area (Å²) in [7, 11) is -2.46. The molecule has 6 heteroatoms. The third-order valence-corrected chi connectivity index (χ3v) is 4.25. The Kier molecular flexibility index (Phi) is 3.66. The van der Waals surface area contributed by atoms with Crippen LogP contribution in [-0.4, -0.2) is 20.4 Å². The summed E-state index contributed by atoms with van der Waals surface area (Å²) in [6, 6.07) is 2.05. The van der Waals surface area contributed by atoms with Gasteiger partial charge in [0.25, 0.3) is 0 Å². The largest absolute Gasteiger partial charge is 0.248 e. The van der Waals surface area contributed by atoms with Crippen molar-refractivity contribution in [1.82, 2.24) is 9.97 Å². The molecule has 0 aliphatic heterocycles. The molecule has 0 amide bonds. The topological polar surface area (TPSA) is 55.2 Å². The fourth-order valence-electron chi connectivity index (χ4n) is 0.968. The van der Waals surface area contributed by atoms with Crippen LogP contribution in [0.2, 0.25) is 5.28 Å². The molecule has 2 atom stereocenters. The molecule has 1 aromatic heterocycles. The van der Waals surface area contributed by atoms with E-state index in [1.54, 1.807) is 6.92 Å². The smallest absolute Gasteiger partial charge is 0.222 e. The van der Waals surface area contributed by atoms with Crippen molar-refractivity contribution in [2.75, 3.05) is 6.26 Å². The van der Waals surface area contributed by atoms with Gasteiger partial charge in [-0.3, -0.25) is 0 Å². The molecular formula is C9H10ClN3OS. The highest BCUT2D eigenvalue weighted by Crippen LogP contribution is 2.21. The van der Waals surface area contributed by atoms with Gasteiger partial charge in [0.1, 0.15) is 0 Å². The number of hydrogen-bond donors (Lipinski definition) is 0. The van der Waals surface area contributed by atoms with Gasteiger partial charge in [0.05, 0.1) is 15.0 Å². The molecule has 1 rings (SSSR count). The minimum atomic E-state index is -2.46. The molecule has 0 N–H and O–H groups in total. The highest BCUT2D eigenvalue weighted by Gasteiger charge is 2.16. The minimum absolute atomic E-state index is 0.155. The summed E-state index contributed by atoms with van der Waals surface area (Å²) in [6.45, 7) is 1.76. The van der Waals surface area contributed by atoms with E-state index >= 15 is 0 Å². The molecule has 0 saturated heterocycles. The molecule has 0 fully saturated rings. The fraction of sp³-hybridized carbons (Fsp3) is 0.333. The number of hydrogen-bond acceptors (Lipinski definition) is 4. The van der Waals surface area contributed by atoms with Crippen LogP contribution >= 0.6 is 11.6 Å². The lowest BCUT2D eigenvalue weighted by atomic mass is 10.3. The molecule has 80 valence electrons. The first-order chi connectivity index (χ1) is 6.97. The van der Waals surface area contributed by atoms with E-state index in [-0.39, 0.29) is 10.5 Å². The van der Waals surface area contributed by atoms with Crippen molar-refractivity contribution in [3.8, 4) is 12.5 Å². The Morgan fingerprint density at radius 2 is 2.13 bits per heavy atom. The van der Waals surface area contributed by atoms with Gasteiger partial charge in [0.15, 0.2) is 0 Å². The third-order valence-electron chi connectivity index (χ3n) is 2.00. The average molecular weight is 244 g/mol. The first-order valence-corrected chi connectivity index (χ1v) is 6.47. The highest BCUT2D eigenvalue weighted by atomic mass is 35.5. The second kappa shape index (κ2) is 4.60. The van der Waals surface area contributed by atoms with Crippen molar-refractivity contribution in [2.45, 2.75) is 12.2 Å². The molecule has 1 heterocycles. The van der Waals surface area contributed by atoms with Crippen molar-refractivity contribution in [1.29, 1.82) is 0 Å². The zero-order valence-corrected chi connectivity index (χ0v) is 9.92. The summed E-state index contributed by atoms with van der Waals surface area (Å²) in [5.74, 6) is 0. The van der Waals surface area contributed by atoms with Crippen LogP contribution in [0.1, 0.15) is 17.7 Å². The molecule has 2 unspecified atom stereocenters. The van der Waals surface area contributed by atoms with E-state index < -0.39 is 9.73 Å². The summed E-state index contributed by atoms with van der Waals surface area (Å²) < 4.78 is 15.6. The lowest BCUT2D eigenvalue weighted by Gasteiger charge is -2.11. The Morgan fingerprint density at radius 1 is 1.60 bits per heavy atom. The monoisotopic (exact) mass is 243 g/mol. The van der Waals surface area contributed by atoms with E-state index in [9.17, 15) is 4.21 Å². The van der Waals surface area contributed by atoms with E-state index in [1.165, 1.54) is 18.6 Å². The van der Waals surface area contributed by atoms with Crippen molar-refractivity contribution >= 4 is 21.3 Å². The zero-order chi connectivity index (χ0) is 11.5. The first kappa shape index (κ1) is 12.0. The van der Waals surface area contributed by atoms with E-state index in [2.05, 4.69) is 20.4 Å². The Morgan fingerprint density at radius 3 is 2.60 bits per heavy atom. The predicted octanol–water partition coefficient (Wildman–Crippen LogP) is 1.88. The van der Waals surface area contributed by atoms with Crippen LogP contribution in [0, 0.1) is 12.5 Å². The van der Waals surface area contributed by atoms with Crippen molar-refractivity contribution in [3.05, 3.63) is 23.2 Å². The Labute approximate surface area is 94.3 Å². The van der Waals surface area contributed by atoms with Gasteiger partial charge in [-0.25, -0.2) is 14.2 Å². The second-order valence-electron chi connectivity index (χ2n) is 3.01. The normalized spacial score (nSPS) is 16.1. The maximum Gasteiger partial charge on any atom is 0.222 e. The number of aromatic nitrogens is 2. The molecule has 0 radical (unpaired) electrons. The Hall–Kier alpha value is -1.12. The SMILES string of the molecule is C#CN=S(C)(=O)C(C)c1cnc(Cl)nc1. The number of rotatable bonds is 2. The van der Waals surface area contributed by atoms with Crippen molar-refractivity contribution in [3.63, 3.8) is 0 Å². The standard InChI is InChI=1S/C9H10ClN3OS/c1-4-13-15(3,14)7(2)8-5-11-9(10)12-6-8/h1,5-7H,2-3H3. The van der Waals surface area contributed by atoms with Gasteiger partial charge >= 0.3 is 0 Å². The molecule has 0 saturated carbocycles. The van der Waals surface area contributed by atoms with Crippen LogP contribution in [0.25, 0.3) is 0 Å². The summed E-state index contributed by atoms with van der Waals surface area (Å²) in [5.41, 5.74) is 0.700. The van der Waals surface area contributed by atoms with E-state index in [0.29, 0.717) is 5.56 Å². The Bertz CT molecular complexity index is 497. The van der Waals surface area contributed by atoms with Gasteiger partial charge in [-0.1, -0.05) is 6.42 Å². The van der Waals surface area contributed by atoms with E-state index in [0.717, 1.165) is 0 Å². The van der Waals surface area contributed by atoms with Crippen LogP contribution in [-0.2, 0) is 9.73 Å².